The third-order valence-electron chi connectivity index (χ3n) is 4.06. The lowest BCUT2D eigenvalue weighted by Gasteiger charge is -2.31. The monoisotopic (exact) mass is 302 g/mol. The first-order valence-corrected chi connectivity index (χ1v) is 7.88. The zero-order valence-electron chi connectivity index (χ0n) is 12.8. The van der Waals surface area contributed by atoms with E-state index in [1.165, 1.54) is 6.42 Å². The largest absolute Gasteiger partial charge is 0.463 e. The average molecular weight is 302 g/mol. The molecule has 0 bridgehead atoms. The Morgan fingerprint density at radius 3 is 3.00 bits per heavy atom. The van der Waals surface area contributed by atoms with Crippen molar-refractivity contribution >= 4 is 5.91 Å². The van der Waals surface area contributed by atoms with Crippen LogP contribution in [0.5, 0.6) is 0 Å². The molecular weight excluding hydrogens is 280 g/mol. The second-order valence-electron chi connectivity index (χ2n) is 5.73. The molecule has 22 heavy (non-hydrogen) atoms. The normalized spacial score (nSPS) is 16.8. The summed E-state index contributed by atoms with van der Waals surface area (Å²) in [4.78, 5) is 14.7. The Morgan fingerprint density at radius 2 is 2.32 bits per heavy atom. The summed E-state index contributed by atoms with van der Waals surface area (Å²) in [5.74, 6) is 0.558. The van der Waals surface area contributed by atoms with Gasteiger partial charge in [-0.3, -0.25) is 9.89 Å². The van der Waals surface area contributed by atoms with Crippen LogP contribution in [0.15, 0.2) is 28.9 Å². The van der Waals surface area contributed by atoms with E-state index < -0.39 is 0 Å². The van der Waals surface area contributed by atoms with Crippen LogP contribution in [-0.2, 0) is 0 Å². The Bertz CT molecular complexity index is 597. The van der Waals surface area contributed by atoms with Gasteiger partial charge in [-0.25, -0.2) is 0 Å². The molecule has 0 unspecified atom stereocenters. The minimum atomic E-state index is -0.122. The highest BCUT2D eigenvalue weighted by Crippen LogP contribution is 2.18. The Hall–Kier alpha value is -2.08. The standard InChI is InChI=1S/C16H22N4O2/c1-2-7-20-8-5-12(6-9-20)17-16(21)14-11-13(18-19-14)15-4-3-10-22-15/h3-4,10-12H,2,5-9H2,1H3,(H,17,21)(H,18,19). The van der Waals surface area contributed by atoms with Crippen LogP contribution in [0.4, 0.5) is 0 Å². The zero-order chi connectivity index (χ0) is 15.4. The van der Waals surface area contributed by atoms with Crippen LogP contribution >= 0.6 is 0 Å². The van der Waals surface area contributed by atoms with E-state index in [0.29, 0.717) is 17.1 Å². The predicted molar refractivity (Wildman–Crippen MR) is 83.5 cm³/mol. The van der Waals surface area contributed by atoms with Crippen LogP contribution < -0.4 is 5.32 Å². The molecule has 0 atom stereocenters. The fraction of sp³-hybridized carbons (Fsp3) is 0.500. The molecule has 0 aromatic carbocycles. The van der Waals surface area contributed by atoms with Gasteiger partial charge in [0.15, 0.2) is 11.5 Å². The number of furan rings is 1. The van der Waals surface area contributed by atoms with Gasteiger partial charge in [0.25, 0.3) is 5.91 Å². The SMILES string of the molecule is CCCN1CCC(NC(=O)c2cc(-c3ccco3)[nH]n2)CC1. The van der Waals surface area contributed by atoms with Crippen molar-refractivity contribution in [1.29, 1.82) is 0 Å². The van der Waals surface area contributed by atoms with Gasteiger partial charge in [-0.2, -0.15) is 5.10 Å². The minimum Gasteiger partial charge on any atom is -0.463 e. The second-order valence-corrected chi connectivity index (χ2v) is 5.73. The Morgan fingerprint density at radius 1 is 1.50 bits per heavy atom. The number of carbonyl (C=O) groups is 1. The van der Waals surface area contributed by atoms with E-state index in [2.05, 4.69) is 27.3 Å². The molecule has 0 aliphatic carbocycles. The van der Waals surface area contributed by atoms with Crippen molar-refractivity contribution < 1.29 is 9.21 Å². The Labute approximate surface area is 129 Å². The first kappa shape index (κ1) is 14.8. The summed E-state index contributed by atoms with van der Waals surface area (Å²) in [5.41, 5.74) is 1.12. The topological polar surface area (TPSA) is 74.2 Å². The molecule has 1 fully saturated rings. The molecule has 1 saturated heterocycles. The van der Waals surface area contributed by atoms with Gasteiger partial charge >= 0.3 is 0 Å². The summed E-state index contributed by atoms with van der Waals surface area (Å²) in [5, 5.41) is 9.99. The smallest absolute Gasteiger partial charge is 0.272 e. The van der Waals surface area contributed by atoms with E-state index in [9.17, 15) is 4.79 Å². The van der Waals surface area contributed by atoms with Gasteiger partial charge in [-0.15, -0.1) is 0 Å². The summed E-state index contributed by atoms with van der Waals surface area (Å²) in [6.45, 7) is 5.45. The molecule has 6 heteroatoms. The predicted octanol–water partition coefficient (Wildman–Crippen LogP) is 2.27. The number of likely N-dealkylation sites (tertiary alicyclic amines) is 1. The molecular formula is C16H22N4O2. The van der Waals surface area contributed by atoms with E-state index in [1.807, 2.05) is 6.07 Å². The fourth-order valence-corrected chi connectivity index (χ4v) is 2.87. The van der Waals surface area contributed by atoms with E-state index >= 15 is 0 Å². The first-order chi connectivity index (χ1) is 10.8. The second kappa shape index (κ2) is 6.79. The maximum Gasteiger partial charge on any atom is 0.272 e. The number of nitrogens with one attached hydrogen (secondary N) is 2. The number of piperidine rings is 1. The van der Waals surface area contributed by atoms with Crippen molar-refractivity contribution in [3.05, 3.63) is 30.2 Å². The van der Waals surface area contributed by atoms with Crippen LogP contribution in [0.2, 0.25) is 0 Å². The van der Waals surface area contributed by atoms with E-state index in [0.717, 1.165) is 32.5 Å². The molecule has 3 heterocycles. The average Bonchev–Trinajstić information content (AvgIpc) is 3.20. The fourth-order valence-electron chi connectivity index (χ4n) is 2.87. The molecule has 0 saturated carbocycles. The van der Waals surface area contributed by atoms with Crippen molar-refractivity contribution in [3.63, 3.8) is 0 Å². The van der Waals surface area contributed by atoms with Gasteiger partial charge in [0.05, 0.1) is 6.26 Å². The van der Waals surface area contributed by atoms with E-state index in [1.54, 1.807) is 18.4 Å². The minimum absolute atomic E-state index is 0.122. The number of hydrogen-bond donors (Lipinski definition) is 2. The Balaban J connectivity index is 1.54. The number of hydrogen-bond acceptors (Lipinski definition) is 4. The molecule has 0 radical (unpaired) electrons. The van der Waals surface area contributed by atoms with Gasteiger partial charge in [0.2, 0.25) is 0 Å². The highest BCUT2D eigenvalue weighted by molar-refractivity contribution is 5.93. The van der Waals surface area contributed by atoms with Crippen LogP contribution in [0, 0.1) is 0 Å². The van der Waals surface area contributed by atoms with Crippen molar-refractivity contribution in [1.82, 2.24) is 20.4 Å². The lowest BCUT2D eigenvalue weighted by Crippen LogP contribution is -2.44. The number of amides is 1. The maximum atomic E-state index is 12.3. The molecule has 2 aromatic heterocycles. The van der Waals surface area contributed by atoms with Crippen molar-refractivity contribution in [3.8, 4) is 11.5 Å². The van der Waals surface area contributed by atoms with Crippen LogP contribution in [0.25, 0.3) is 11.5 Å². The van der Waals surface area contributed by atoms with Crippen LogP contribution in [0.1, 0.15) is 36.7 Å². The maximum absolute atomic E-state index is 12.3. The molecule has 3 rings (SSSR count). The number of aromatic nitrogens is 2. The van der Waals surface area contributed by atoms with Gasteiger partial charge in [-0.05, 0) is 37.9 Å². The van der Waals surface area contributed by atoms with Gasteiger partial charge < -0.3 is 14.6 Å². The third kappa shape index (κ3) is 3.39. The quantitative estimate of drug-likeness (QED) is 0.888. The molecule has 1 amide bonds. The highest BCUT2D eigenvalue weighted by Gasteiger charge is 2.21. The lowest BCUT2D eigenvalue weighted by atomic mass is 10.0. The summed E-state index contributed by atoms with van der Waals surface area (Å²) in [6, 6.07) is 5.60. The van der Waals surface area contributed by atoms with Gasteiger partial charge in [0.1, 0.15) is 5.69 Å². The zero-order valence-corrected chi connectivity index (χ0v) is 12.8. The summed E-state index contributed by atoms with van der Waals surface area (Å²) >= 11 is 0. The Kier molecular flexibility index (Phi) is 4.58. The van der Waals surface area contributed by atoms with Gasteiger partial charge in [0, 0.05) is 25.2 Å². The molecule has 1 aliphatic rings. The molecule has 118 valence electrons. The van der Waals surface area contributed by atoms with Crippen molar-refractivity contribution in [2.24, 2.45) is 0 Å². The van der Waals surface area contributed by atoms with Crippen LogP contribution in [0.3, 0.4) is 0 Å². The van der Waals surface area contributed by atoms with E-state index in [-0.39, 0.29) is 11.9 Å². The van der Waals surface area contributed by atoms with Crippen molar-refractivity contribution in [2.45, 2.75) is 32.2 Å². The number of aromatic amines is 1. The number of nitrogens with zero attached hydrogens (tertiary/aromatic N) is 2. The summed E-state index contributed by atoms with van der Waals surface area (Å²) < 4.78 is 5.29. The molecule has 6 nitrogen and oxygen atoms in total. The highest BCUT2D eigenvalue weighted by atomic mass is 16.3. The summed E-state index contributed by atoms with van der Waals surface area (Å²) in [6.07, 6.45) is 4.78. The molecule has 2 N–H and O–H groups in total. The molecule has 1 aliphatic heterocycles. The lowest BCUT2D eigenvalue weighted by molar-refractivity contribution is 0.0906. The van der Waals surface area contributed by atoms with E-state index in [4.69, 9.17) is 4.42 Å². The van der Waals surface area contributed by atoms with Crippen LogP contribution in [-0.4, -0.2) is 46.7 Å². The third-order valence-corrected chi connectivity index (χ3v) is 4.06. The number of rotatable bonds is 5. The number of H-pyrrole nitrogens is 1. The molecule has 2 aromatic rings. The van der Waals surface area contributed by atoms with Gasteiger partial charge in [-0.1, -0.05) is 6.92 Å². The summed E-state index contributed by atoms with van der Waals surface area (Å²) in [7, 11) is 0. The van der Waals surface area contributed by atoms with Crippen molar-refractivity contribution in [2.75, 3.05) is 19.6 Å². The molecule has 0 spiro atoms. The first-order valence-electron chi connectivity index (χ1n) is 7.88. The number of carbonyl (C=O) groups excluding carboxylic acids is 1.